The number of Topliss-reactive ketones (excluding diaryl/α,β-unsaturated/α-hetero) is 1. The Labute approximate surface area is 649 Å². The molecule has 0 aliphatic carbocycles. The Bertz CT molecular complexity index is 4310. The van der Waals surface area contributed by atoms with Crippen LogP contribution in [-0.2, 0) is 51.2 Å². The van der Waals surface area contributed by atoms with Crippen LogP contribution in [0.1, 0.15) is 162 Å². The number of aromatic hydroxyl groups is 4. The Morgan fingerprint density at radius 1 is 0.500 bits per heavy atom. The second-order valence-corrected chi connectivity index (χ2v) is 29.9. The molecule has 9 rings (SSSR count). The zero-order valence-electron chi connectivity index (χ0n) is 64.6. The molecule has 112 heavy (non-hydrogen) atoms. The van der Waals surface area contributed by atoms with Crippen molar-refractivity contribution in [1.29, 1.82) is 0 Å². The van der Waals surface area contributed by atoms with E-state index in [9.17, 15) is 88.8 Å². The molecule has 0 saturated carbocycles. The largest absolute Gasteiger partial charge is 0.508 e. The highest BCUT2D eigenvalue weighted by atomic mass is 16.4. The molecule has 33 heteroatoms. The van der Waals surface area contributed by atoms with Crippen molar-refractivity contribution in [3.63, 3.8) is 0 Å². The highest BCUT2D eigenvalue weighted by Gasteiger charge is 2.36. The van der Waals surface area contributed by atoms with Gasteiger partial charge in [0.05, 0.1) is 37.2 Å². The van der Waals surface area contributed by atoms with Crippen molar-refractivity contribution in [2.24, 2.45) is 11.8 Å². The number of aliphatic carboxylic acids is 4. The van der Waals surface area contributed by atoms with E-state index in [1.807, 2.05) is 83.1 Å². The van der Waals surface area contributed by atoms with Crippen LogP contribution in [0.15, 0.2) is 72.8 Å². The van der Waals surface area contributed by atoms with Crippen molar-refractivity contribution >= 4 is 59.2 Å². The number of aromatic nitrogens is 6. The summed E-state index contributed by atoms with van der Waals surface area (Å²) in [6.07, 6.45) is 3.02. The quantitative estimate of drug-likeness (QED) is 0.0238. The van der Waals surface area contributed by atoms with Gasteiger partial charge in [-0.25, -0.2) is 0 Å². The lowest BCUT2D eigenvalue weighted by Gasteiger charge is -2.35. The van der Waals surface area contributed by atoms with Crippen molar-refractivity contribution in [1.82, 2.24) is 74.9 Å². The number of benzene rings is 4. The molecular weight excluding hydrogens is 1450 g/mol. The molecule has 3 aliphatic rings. The number of nitrogens with one attached hydrogen (secondary N) is 3. The summed E-state index contributed by atoms with van der Waals surface area (Å²) < 4.78 is 3.15. The topological polar surface area (TPSA) is 449 Å². The van der Waals surface area contributed by atoms with Gasteiger partial charge in [0.1, 0.15) is 41.1 Å². The van der Waals surface area contributed by atoms with Gasteiger partial charge in [-0.3, -0.25) is 76.7 Å². The maximum Gasteiger partial charge on any atom is 0.320 e. The van der Waals surface area contributed by atoms with Gasteiger partial charge < -0.3 is 66.6 Å². The van der Waals surface area contributed by atoms with Crippen LogP contribution >= 0.6 is 0 Å². The Hall–Kier alpha value is -10.9. The smallest absolute Gasteiger partial charge is 0.320 e. The normalized spacial score (nSPS) is 16.4. The molecule has 3 saturated heterocycles. The van der Waals surface area contributed by atoms with Crippen LogP contribution < -0.4 is 16.0 Å². The fraction of sp³-hybridized carbons (Fsp3) is 0.519. The Morgan fingerprint density at radius 2 is 0.929 bits per heavy atom. The number of carboxylic acid groups (broad SMARTS) is 4. The second kappa shape index (κ2) is 39.3. The minimum atomic E-state index is -1.55. The molecule has 0 unspecified atom stereocenters. The number of rotatable bonds is 32. The number of carbonyl (C=O) groups is 10. The molecule has 5 amide bonds. The first-order valence-corrected chi connectivity index (χ1v) is 38.4. The summed E-state index contributed by atoms with van der Waals surface area (Å²) in [5, 5.41) is 109. The average molecular weight is 1550 g/mol. The van der Waals surface area contributed by atoms with E-state index < -0.39 is 97.5 Å². The number of hydrogen-bond acceptors (Lipinski definition) is 22. The Balaban J connectivity index is 0.874. The van der Waals surface area contributed by atoms with Gasteiger partial charge in [0.25, 0.3) is 5.91 Å². The van der Waals surface area contributed by atoms with Crippen LogP contribution in [0.4, 0.5) is 0 Å². The van der Waals surface area contributed by atoms with Gasteiger partial charge >= 0.3 is 23.9 Å². The van der Waals surface area contributed by atoms with Crippen LogP contribution in [0.2, 0.25) is 0 Å². The lowest BCUT2D eigenvalue weighted by atomic mass is 9.90. The number of carbonyl (C=O) groups excluding carboxylic acids is 6. The lowest BCUT2D eigenvalue weighted by Crippen LogP contribution is -2.55. The van der Waals surface area contributed by atoms with Crippen molar-refractivity contribution in [2.45, 2.75) is 149 Å². The Morgan fingerprint density at radius 3 is 1.35 bits per heavy atom. The number of phenols is 4. The molecule has 3 aliphatic heterocycles. The van der Waals surface area contributed by atoms with Gasteiger partial charge in [0.2, 0.25) is 41.1 Å². The monoisotopic (exact) mass is 1550 g/mol. The second-order valence-electron chi connectivity index (χ2n) is 29.9. The molecule has 3 fully saturated rings. The molecule has 5 heterocycles. The van der Waals surface area contributed by atoms with Crippen LogP contribution in [0.25, 0.3) is 34.2 Å². The van der Waals surface area contributed by atoms with E-state index in [1.165, 1.54) is 33.8 Å². The number of carboxylic acids is 4. The van der Waals surface area contributed by atoms with Gasteiger partial charge in [-0.15, -0.1) is 20.4 Å². The molecule has 0 spiro atoms. The Kier molecular flexibility index (Phi) is 29.9. The van der Waals surface area contributed by atoms with E-state index in [4.69, 9.17) is 0 Å². The molecule has 4 aromatic carbocycles. The van der Waals surface area contributed by atoms with E-state index in [2.05, 4.69) is 36.3 Å². The third-order valence-corrected chi connectivity index (χ3v) is 21.0. The molecule has 6 aromatic rings. The van der Waals surface area contributed by atoms with Gasteiger partial charge in [0, 0.05) is 121 Å². The van der Waals surface area contributed by atoms with Crippen LogP contribution in [-0.4, -0.2) is 282 Å². The number of hydrogen-bond donors (Lipinski definition) is 11. The predicted octanol–water partition coefficient (Wildman–Crippen LogP) is 5.33. The first kappa shape index (κ1) is 85.1. The average Bonchev–Trinajstić information content (AvgIpc) is 1.61. The molecule has 2 aromatic heterocycles. The minimum absolute atomic E-state index is 0.00220. The molecule has 0 bridgehead atoms. The maximum absolute atomic E-state index is 14.7. The van der Waals surface area contributed by atoms with E-state index in [0.717, 1.165) is 11.1 Å². The van der Waals surface area contributed by atoms with Gasteiger partial charge in [-0.2, -0.15) is 0 Å². The van der Waals surface area contributed by atoms with Crippen molar-refractivity contribution < 1.29 is 88.8 Å². The summed E-state index contributed by atoms with van der Waals surface area (Å²) in [4.78, 5) is 143. The first-order chi connectivity index (χ1) is 53.4. The third kappa shape index (κ3) is 22.5. The lowest BCUT2D eigenvalue weighted by molar-refractivity contribution is -0.145. The fourth-order valence-corrected chi connectivity index (χ4v) is 14.8. The summed E-state index contributed by atoms with van der Waals surface area (Å²) in [5.41, 5.74) is 4.72. The van der Waals surface area contributed by atoms with E-state index in [0.29, 0.717) is 106 Å². The summed E-state index contributed by atoms with van der Waals surface area (Å²) in [7, 11) is 0. The highest BCUT2D eigenvalue weighted by Crippen LogP contribution is 2.41. The van der Waals surface area contributed by atoms with Crippen LogP contribution in [0.5, 0.6) is 23.0 Å². The third-order valence-electron chi connectivity index (χ3n) is 21.0. The highest BCUT2D eigenvalue weighted by molar-refractivity contribution is 5.96. The number of piperidine rings is 2. The zero-order chi connectivity index (χ0) is 81.2. The van der Waals surface area contributed by atoms with E-state index >= 15 is 0 Å². The molecule has 11 N–H and O–H groups in total. The van der Waals surface area contributed by atoms with Gasteiger partial charge in [-0.05, 0) is 148 Å². The molecular formula is C79H105N15O18. The number of nitrogens with zero attached hydrogens (tertiary/aromatic N) is 12. The molecule has 604 valence electrons. The number of likely N-dealkylation sites (tertiary alicyclic amines) is 2. The summed E-state index contributed by atoms with van der Waals surface area (Å²) in [6, 6.07) is 16.7. The van der Waals surface area contributed by atoms with Crippen LogP contribution in [0, 0.1) is 11.8 Å². The van der Waals surface area contributed by atoms with E-state index in [1.54, 1.807) is 42.9 Å². The minimum Gasteiger partial charge on any atom is -0.508 e. The standard InChI is InChI=1S/C79H105N15O18/c1-8-10-62(95)74-85-83-72(58-39-56(47(3)4)63(96)42-65(58)98)93(74)54-15-11-50(12-16-54)38-53-23-27-92(28-24-53)78(110)49(7)81-76(108)60(82-67(100)20-19-61(79(111)112)90-35-33-88(45-70(104)105)31-29-87(44-69(102)103)30-32-89(34-36-90)46-71(106)107)41-68(101)91-25-21-52(22-26-91)37-51-13-17-55(18-14-51)94-73(84-86-75(94)77(109)80-9-2)59-40-57(48(5)6)64(97)43-66(59)99/h11-18,39-40,42-43,47-49,52-53,60-61,96-99H,8-10,19-38,41,44-46H2,1-7H3,(H,80,109)(H,81,108)(H,82,100)(H,102,103)(H,104,105)(H,106,107)(H,111,112)/t49-,60+,61-/m1/s1. The van der Waals surface area contributed by atoms with Crippen LogP contribution in [0.3, 0.4) is 0 Å². The van der Waals surface area contributed by atoms with Crippen molar-refractivity contribution in [2.75, 3.05) is 105 Å². The predicted molar refractivity (Wildman–Crippen MR) is 410 cm³/mol. The van der Waals surface area contributed by atoms with Crippen molar-refractivity contribution in [3.05, 3.63) is 107 Å². The summed E-state index contributed by atoms with van der Waals surface area (Å²) in [6.45, 7) is 13.3. The van der Waals surface area contributed by atoms with Gasteiger partial charge in [0.15, 0.2) is 11.6 Å². The summed E-state index contributed by atoms with van der Waals surface area (Å²) in [5.74, 6) is -8.21. The van der Waals surface area contributed by atoms with Crippen molar-refractivity contribution in [3.8, 4) is 57.1 Å². The SMILES string of the molecule is CCCC(=O)c1nnc(-c2cc(C(C)C)c(O)cc2O)n1-c1ccc(CC2CCN(C(=O)[C@@H](C)NC(=O)[C@H](CC(=O)N3CCC(Cc4ccc(-n5c(C(=O)NCC)nnc5-c5cc(C(C)C)c(O)cc5O)cc4)CC3)NC(=O)CC[C@H](C(=O)O)N3CCN(CC(=O)O)CCN(CC(=O)O)CCN(CC(=O)O)CC3)CC2)cc1. The molecule has 33 nitrogen and oxygen atoms in total. The first-order valence-electron chi connectivity index (χ1n) is 38.4. The van der Waals surface area contributed by atoms with E-state index in [-0.39, 0.29) is 153 Å². The summed E-state index contributed by atoms with van der Waals surface area (Å²) >= 11 is 0. The fourth-order valence-electron chi connectivity index (χ4n) is 14.8. The zero-order valence-corrected chi connectivity index (χ0v) is 64.6. The number of phenolic OH excluding ortho intramolecular Hbond substituents is 4. The maximum atomic E-state index is 14.7. The van der Waals surface area contributed by atoms with Gasteiger partial charge in [-0.1, -0.05) is 58.9 Å². The molecule has 3 atom stereocenters. The number of amides is 5. The molecule has 0 radical (unpaired) electrons. The number of ketones is 1.